The molecule has 6 heteroatoms. The van der Waals surface area contributed by atoms with Crippen LogP contribution in [0.4, 0.5) is 6.01 Å². The smallest absolute Gasteiger partial charge is 0.315 e. The van der Waals surface area contributed by atoms with Crippen LogP contribution in [0.2, 0.25) is 0 Å². The molecular weight excluding hydrogens is 236 g/mol. The highest BCUT2D eigenvalue weighted by Gasteiger charge is 2.03. The Balaban J connectivity index is 2.01. The van der Waals surface area contributed by atoms with E-state index in [0.717, 1.165) is 13.0 Å². The maximum Gasteiger partial charge on any atom is 0.315 e. The summed E-state index contributed by atoms with van der Waals surface area (Å²) >= 11 is 1.91. The van der Waals surface area contributed by atoms with E-state index in [1.165, 1.54) is 25.0 Å². The fourth-order valence-corrected chi connectivity index (χ4v) is 1.96. The Morgan fingerprint density at radius 2 is 2.00 bits per heavy atom. The monoisotopic (exact) mass is 258 g/mol. The van der Waals surface area contributed by atoms with Crippen molar-refractivity contribution in [2.75, 3.05) is 30.9 Å². The number of thioether (sulfide) groups is 1. The second-order valence-electron chi connectivity index (χ2n) is 3.87. The summed E-state index contributed by atoms with van der Waals surface area (Å²) in [6.07, 6.45) is 7.18. The largest absolute Gasteiger partial charge is 0.407 e. The van der Waals surface area contributed by atoms with Crippen molar-refractivity contribution in [3.63, 3.8) is 0 Å². The van der Waals surface area contributed by atoms with Crippen LogP contribution in [0.5, 0.6) is 0 Å². The number of nitrogens with zero attached hydrogens (tertiary/aromatic N) is 2. The number of hydrogen-bond donors (Lipinski definition) is 2. The van der Waals surface area contributed by atoms with E-state index >= 15 is 0 Å². The van der Waals surface area contributed by atoms with Crippen molar-refractivity contribution in [3.8, 4) is 0 Å². The maximum atomic E-state index is 5.37. The molecule has 1 heterocycles. The van der Waals surface area contributed by atoms with Crippen LogP contribution >= 0.6 is 11.8 Å². The zero-order chi connectivity index (χ0) is 12.3. The molecule has 5 nitrogen and oxygen atoms in total. The van der Waals surface area contributed by atoms with Crippen molar-refractivity contribution in [3.05, 3.63) is 5.89 Å². The second kappa shape index (κ2) is 9.30. The summed E-state index contributed by atoms with van der Waals surface area (Å²) in [6.45, 7) is 1.52. The summed E-state index contributed by atoms with van der Waals surface area (Å²) in [5, 5.41) is 13.9. The van der Waals surface area contributed by atoms with Crippen molar-refractivity contribution in [2.24, 2.45) is 0 Å². The Labute approximate surface area is 107 Å². The fourth-order valence-electron chi connectivity index (χ4n) is 1.47. The van der Waals surface area contributed by atoms with Crippen LogP contribution in [0.25, 0.3) is 0 Å². The van der Waals surface area contributed by atoms with Crippen LogP contribution in [0.3, 0.4) is 0 Å². The van der Waals surface area contributed by atoms with E-state index in [0.29, 0.717) is 18.5 Å². The highest BCUT2D eigenvalue weighted by atomic mass is 32.2. The molecule has 0 aliphatic rings. The third-order valence-electron chi connectivity index (χ3n) is 2.35. The fraction of sp³-hybridized carbons (Fsp3) is 0.818. The minimum atomic E-state index is 0.527. The Morgan fingerprint density at radius 3 is 2.76 bits per heavy atom. The predicted molar refractivity (Wildman–Crippen MR) is 72.4 cm³/mol. The number of anilines is 1. The van der Waals surface area contributed by atoms with E-state index in [1.807, 2.05) is 18.8 Å². The highest BCUT2D eigenvalue weighted by molar-refractivity contribution is 7.98. The summed E-state index contributed by atoms with van der Waals surface area (Å²) in [4.78, 5) is 0. The molecule has 0 fully saturated rings. The molecule has 0 aliphatic heterocycles. The van der Waals surface area contributed by atoms with Gasteiger partial charge >= 0.3 is 6.01 Å². The number of hydrogen-bond acceptors (Lipinski definition) is 6. The summed E-state index contributed by atoms with van der Waals surface area (Å²) in [6, 6.07) is 0.527. The lowest BCUT2D eigenvalue weighted by Gasteiger charge is -2.01. The Bertz CT molecular complexity index is 293. The highest BCUT2D eigenvalue weighted by Crippen LogP contribution is 2.07. The third kappa shape index (κ3) is 6.53. The first-order valence-corrected chi connectivity index (χ1v) is 7.46. The Morgan fingerprint density at radius 1 is 1.18 bits per heavy atom. The summed E-state index contributed by atoms with van der Waals surface area (Å²) in [7, 11) is 1.85. The molecule has 0 unspecified atom stereocenters. The average molecular weight is 258 g/mol. The van der Waals surface area contributed by atoms with E-state index in [2.05, 4.69) is 27.1 Å². The van der Waals surface area contributed by atoms with Crippen molar-refractivity contribution in [1.82, 2.24) is 15.5 Å². The van der Waals surface area contributed by atoms with E-state index in [1.54, 1.807) is 0 Å². The quantitative estimate of drug-likeness (QED) is 0.627. The first-order chi connectivity index (χ1) is 8.36. The van der Waals surface area contributed by atoms with Gasteiger partial charge in [-0.25, -0.2) is 0 Å². The molecule has 0 radical (unpaired) electrons. The van der Waals surface area contributed by atoms with Crippen molar-refractivity contribution < 1.29 is 4.42 Å². The minimum Gasteiger partial charge on any atom is -0.407 e. The molecule has 2 N–H and O–H groups in total. The number of rotatable bonds is 10. The molecule has 0 aromatic carbocycles. The van der Waals surface area contributed by atoms with Crippen LogP contribution < -0.4 is 10.6 Å². The molecule has 17 heavy (non-hydrogen) atoms. The Kier molecular flexibility index (Phi) is 7.83. The van der Waals surface area contributed by atoms with Crippen LogP contribution in [-0.2, 0) is 6.54 Å². The average Bonchev–Trinajstić information content (AvgIpc) is 2.76. The van der Waals surface area contributed by atoms with Gasteiger partial charge in [0.05, 0.1) is 6.54 Å². The third-order valence-corrected chi connectivity index (χ3v) is 3.04. The molecule has 1 aromatic heterocycles. The van der Waals surface area contributed by atoms with Crippen molar-refractivity contribution in [1.29, 1.82) is 0 Å². The number of nitrogens with one attached hydrogen (secondary N) is 2. The molecule has 0 saturated carbocycles. The van der Waals surface area contributed by atoms with Gasteiger partial charge in [-0.15, -0.1) is 5.10 Å². The summed E-state index contributed by atoms with van der Waals surface area (Å²) < 4.78 is 5.37. The molecule has 0 atom stereocenters. The van der Waals surface area contributed by atoms with Gasteiger partial charge in [0.1, 0.15) is 0 Å². The summed E-state index contributed by atoms with van der Waals surface area (Å²) in [5.41, 5.74) is 0. The molecule has 0 spiro atoms. The minimum absolute atomic E-state index is 0.527. The van der Waals surface area contributed by atoms with E-state index < -0.39 is 0 Å². The molecule has 1 aromatic rings. The van der Waals surface area contributed by atoms with Gasteiger partial charge in [-0.05, 0) is 31.9 Å². The van der Waals surface area contributed by atoms with E-state index in [9.17, 15) is 0 Å². The van der Waals surface area contributed by atoms with E-state index in [4.69, 9.17) is 4.42 Å². The van der Waals surface area contributed by atoms with Gasteiger partial charge in [0, 0.05) is 6.54 Å². The van der Waals surface area contributed by atoms with Gasteiger partial charge in [0.2, 0.25) is 5.89 Å². The Hall–Kier alpha value is -0.750. The molecule has 0 bridgehead atoms. The molecule has 98 valence electrons. The standard InChI is InChI=1S/C11H22N4OS/c1-12-9-10-14-15-11(16-10)13-7-5-3-4-6-8-17-2/h12H,3-9H2,1-2H3,(H,13,15). The SMILES string of the molecule is CNCc1nnc(NCCCCCCSC)o1. The van der Waals surface area contributed by atoms with Gasteiger partial charge in [-0.1, -0.05) is 17.9 Å². The lowest BCUT2D eigenvalue weighted by Crippen LogP contribution is -2.05. The van der Waals surface area contributed by atoms with Crippen LogP contribution in [0.15, 0.2) is 4.42 Å². The van der Waals surface area contributed by atoms with Crippen LogP contribution in [0, 0.1) is 0 Å². The zero-order valence-corrected chi connectivity index (χ0v) is 11.5. The number of aromatic nitrogens is 2. The normalized spacial score (nSPS) is 10.7. The van der Waals surface area contributed by atoms with Crippen LogP contribution in [0.1, 0.15) is 31.6 Å². The van der Waals surface area contributed by atoms with Crippen molar-refractivity contribution in [2.45, 2.75) is 32.2 Å². The maximum absolute atomic E-state index is 5.37. The molecule has 0 saturated heterocycles. The van der Waals surface area contributed by atoms with E-state index in [-0.39, 0.29) is 0 Å². The summed E-state index contributed by atoms with van der Waals surface area (Å²) in [5.74, 6) is 1.89. The first kappa shape index (κ1) is 14.3. The van der Waals surface area contributed by atoms with Gasteiger partial charge in [-0.2, -0.15) is 11.8 Å². The first-order valence-electron chi connectivity index (χ1n) is 6.06. The zero-order valence-electron chi connectivity index (χ0n) is 10.7. The molecule has 1 rings (SSSR count). The van der Waals surface area contributed by atoms with Gasteiger partial charge in [0.15, 0.2) is 0 Å². The lowest BCUT2D eigenvalue weighted by molar-refractivity contribution is 0.488. The topological polar surface area (TPSA) is 63.0 Å². The molecule has 0 amide bonds. The van der Waals surface area contributed by atoms with Crippen molar-refractivity contribution >= 4 is 17.8 Å². The van der Waals surface area contributed by atoms with Crippen LogP contribution in [-0.4, -0.2) is 35.8 Å². The molecular formula is C11H22N4OS. The number of unbranched alkanes of at least 4 members (excludes halogenated alkanes) is 3. The van der Waals surface area contributed by atoms with Gasteiger partial charge in [0.25, 0.3) is 0 Å². The molecule has 0 aliphatic carbocycles. The predicted octanol–water partition coefficient (Wildman–Crippen LogP) is 2.12. The second-order valence-corrected chi connectivity index (χ2v) is 4.85. The van der Waals surface area contributed by atoms with Gasteiger partial charge in [-0.3, -0.25) is 0 Å². The van der Waals surface area contributed by atoms with Gasteiger partial charge < -0.3 is 15.1 Å². The lowest BCUT2D eigenvalue weighted by atomic mass is 10.2.